The number of benzene rings is 1. The first-order chi connectivity index (χ1) is 8.50. The number of hydrogen-bond donors (Lipinski definition) is 1. The Hall–Kier alpha value is -0.820. The van der Waals surface area contributed by atoms with Crippen molar-refractivity contribution >= 4 is 0 Å². The predicted octanol–water partition coefficient (Wildman–Crippen LogP) is 4.22. The lowest BCUT2D eigenvalue weighted by Crippen LogP contribution is -2.11. The Bertz CT molecular complexity index is 372. The van der Waals surface area contributed by atoms with Crippen molar-refractivity contribution in [1.82, 2.24) is 0 Å². The van der Waals surface area contributed by atoms with Crippen LogP contribution in [0.4, 0.5) is 0 Å². The van der Waals surface area contributed by atoms with Crippen LogP contribution in [0, 0.1) is 5.92 Å². The van der Waals surface area contributed by atoms with E-state index in [2.05, 4.69) is 45.0 Å². The fourth-order valence-electron chi connectivity index (χ4n) is 3.13. The maximum atomic E-state index is 5.66. The SMILES string of the molecule is CC(C)(C)c1ccc(C2CCC(CCN)C2)cc1. The van der Waals surface area contributed by atoms with E-state index in [9.17, 15) is 0 Å². The average Bonchev–Trinajstić information content (AvgIpc) is 2.77. The molecule has 0 bridgehead atoms. The van der Waals surface area contributed by atoms with Gasteiger partial charge < -0.3 is 5.73 Å². The smallest absolute Gasteiger partial charge is 0.00746 e. The molecule has 0 saturated heterocycles. The maximum absolute atomic E-state index is 5.66. The first kappa shape index (κ1) is 13.6. The van der Waals surface area contributed by atoms with Crippen LogP contribution in [-0.4, -0.2) is 6.54 Å². The number of rotatable bonds is 3. The van der Waals surface area contributed by atoms with E-state index in [4.69, 9.17) is 5.73 Å². The van der Waals surface area contributed by atoms with Crippen LogP contribution in [0.3, 0.4) is 0 Å². The average molecular weight is 245 g/mol. The minimum Gasteiger partial charge on any atom is -0.330 e. The van der Waals surface area contributed by atoms with Gasteiger partial charge >= 0.3 is 0 Å². The third-order valence-electron chi connectivity index (χ3n) is 4.36. The van der Waals surface area contributed by atoms with Gasteiger partial charge in [-0.15, -0.1) is 0 Å². The van der Waals surface area contributed by atoms with Gasteiger partial charge in [-0.05, 0) is 60.6 Å². The summed E-state index contributed by atoms with van der Waals surface area (Å²) < 4.78 is 0. The molecule has 1 saturated carbocycles. The molecule has 1 nitrogen and oxygen atoms in total. The Morgan fingerprint density at radius 2 is 1.78 bits per heavy atom. The van der Waals surface area contributed by atoms with Crippen LogP contribution in [0.15, 0.2) is 24.3 Å². The summed E-state index contributed by atoms with van der Waals surface area (Å²) in [5, 5.41) is 0. The molecule has 0 amide bonds. The summed E-state index contributed by atoms with van der Waals surface area (Å²) in [7, 11) is 0. The molecule has 1 aromatic carbocycles. The van der Waals surface area contributed by atoms with Crippen LogP contribution in [-0.2, 0) is 5.41 Å². The summed E-state index contributed by atoms with van der Waals surface area (Å²) in [5.74, 6) is 1.64. The first-order valence-electron chi connectivity index (χ1n) is 7.31. The van der Waals surface area contributed by atoms with Crippen LogP contribution in [0.25, 0.3) is 0 Å². The predicted molar refractivity (Wildman–Crippen MR) is 78.9 cm³/mol. The van der Waals surface area contributed by atoms with Gasteiger partial charge in [0.05, 0.1) is 0 Å². The topological polar surface area (TPSA) is 26.0 Å². The molecule has 100 valence electrons. The van der Waals surface area contributed by atoms with E-state index in [-0.39, 0.29) is 5.41 Å². The fourth-order valence-corrected chi connectivity index (χ4v) is 3.13. The third kappa shape index (κ3) is 3.14. The van der Waals surface area contributed by atoms with Crippen molar-refractivity contribution in [3.05, 3.63) is 35.4 Å². The van der Waals surface area contributed by atoms with Gasteiger partial charge in [-0.2, -0.15) is 0 Å². The normalized spacial score (nSPS) is 24.4. The first-order valence-corrected chi connectivity index (χ1v) is 7.31. The molecule has 2 rings (SSSR count). The Morgan fingerprint density at radius 3 is 2.33 bits per heavy atom. The molecule has 18 heavy (non-hydrogen) atoms. The fraction of sp³-hybridized carbons (Fsp3) is 0.647. The van der Waals surface area contributed by atoms with Gasteiger partial charge in [0.25, 0.3) is 0 Å². The molecule has 0 spiro atoms. The minimum absolute atomic E-state index is 0.260. The zero-order valence-electron chi connectivity index (χ0n) is 12.1. The van der Waals surface area contributed by atoms with Crippen molar-refractivity contribution in [1.29, 1.82) is 0 Å². The zero-order chi connectivity index (χ0) is 13.2. The Morgan fingerprint density at radius 1 is 1.11 bits per heavy atom. The van der Waals surface area contributed by atoms with E-state index in [1.165, 1.54) is 36.8 Å². The Kier molecular flexibility index (Phi) is 4.11. The summed E-state index contributed by atoms with van der Waals surface area (Å²) in [6.07, 6.45) is 5.26. The summed E-state index contributed by atoms with van der Waals surface area (Å²) in [6, 6.07) is 9.31. The van der Waals surface area contributed by atoms with Crippen molar-refractivity contribution in [2.45, 2.75) is 57.8 Å². The molecule has 2 unspecified atom stereocenters. The van der Waals surface area contributed by atoms with Gasteiger partial charge in [-0.25, -0.2) is 0 Å². The summed E-state index contributed by atoms with van der Waals surface area (Å²) >= 11 is 0. The lowest BCUT2D eigenvalue weighted by Gasteiger charge is -2.20. The maximum Gasteiger partial charge on any atom is -0.00746 e. The number of nitrogens with two attached hydrogens (primary N) is 1. The summed E-state index contributed by atoms with van der Waals surface area (Å²) in [5.41, 5.74) is 8.88. The highest BCUT2D eigenvalue weighted by molar-refractivity contribution is 5.30. The van der Waals surface area contributed by atoms with Crippen molar-refractivity contribution in [2.75, 3.05) is 6.54 Å². The van der Waals surface area contributed by atoms with Crippen molar-refractivity contribution in [3.63, 3.8) is 0 Å². The highest BCUT2D eigenvalue weighted by atomic mass is 14.5. The quantitative estimate of drug-likeness (QED) is 0.848. The third-order valence-corrected chi connectivity index (χ3v) is 4.36. The molecule has 0 heterocycles. The second-order valence-corrected chi connectivity index (χ2v) is 6.83. The van der Waals surface area contributed by atoms with E-state index in [0.29, 0.717) is 0 Å². The lowest BCUT2D eigenvalue weighted by molar-refractivity contribution is 0.503. The molecule has 1 aliphatic rings. The van der Waals surface area contributed by atoms with E-state index >= 15 is 0 Å². The highest BCUT2D eigenvalue weighted by Gasteiger charge is 2.25. The molecule has 2 atom stereocenters. The minimum atomic E-state index is 0.260. The van der Waals surface area contributed by atoms with E-state index < -0.39 is 0 Å². The van der Waals surface area contributed by atoms with Crippen molar-refractivity contribution < 1.29 is 0 Å². The van der Waals surface area contributed by atoms with Crippen molar-refractivity contribution in [3.8, 4) is 0 Å². The molecule has 1 fully saturated rings. The van der Waals surface area contributed by atoms with Crippen LogP contribution < -0.4 is 5.73 Å². The largest absolute Gasteiger partial charge is 0.330 e. The second-order valence-electron chi connectivity index (χ2n) is 6.83. The molecule has 2 N–H and O–H groups in total. The molecular formula is C17H27N. The summed E-state index contributed by atoms with van der Waals surface area (Å²) in [4.78, 5) is 0. The van der Waals surface area contributed by atoms with Crippen LogP contribution in [0.1, 0.15) is 63.5 Å². The molecule has 1 aliphatic carbocycles. The summed E-state index contributed by atoms with van der Waals surface area (Å²) in [6.45, 7) is 7.67. The molecule has 1 heteroatoms. The van der Waals surface area contributed by atoms with Gasteiger partial charge in [0.15, 0.2) is 0 Å². The van der Waals surface area contributed by atoms with E-state index in [1.807, 2.05) is 0 Å². The lowest BCUT2D eigenvalue weighted by atomic mass is 9.85. The molecule has 0 aromatic heterocycles. The molecule has 1 aromatic rings. The van der Waals surface area contributed by atoms with Gasteiger partial charge in [0.1, 0.15) is 0 Å². The van der Waals surface area contributed by atoms with Gasteiger partial charge in [0.2, 0.25) is 0 Å². The molecule has 0 radical (unpaired) electrons. The molecular weight excluding hydrogens is 218 g/mol. The van der Waals surface area contributed by atoms with E-state index in [0.717, 1.165) is 18.4 Å². The monoisotopic (exact) mass is 245 g/mol. The van der Waals surface area contributed by atoms with Crippen LogP contribution >= 0.6 is 0 Å². The van der Waals surface area contributed by atoms with Crippen LogP contribution in [0.5, 0.6) is 0 Å². The second kappa shape index (κ2) is 5.44. The Balaban J connectivity index is 2.03. The van der Waals surface area contributed by atoms with Gasteiger partial charge in [-0.3, -0.25) is 0 Å². The Labute approximate surface area is 112 Å². The molecule has 0 aliphatic heterocycles. The van der Waals surface area contributed by atoms with E-state index in [1.54, 1.807) is 0 Å². The highest BCUT2D eigenvalue weighted by Crippen LogP contribution is 2.39. The van der Waals surface area contributed by atoms with Crippen LogP contribution in [0.2, 0.25) is 0 Å². The van der Waals surface area contributed by atoms with Gasteiger partial charge in [-0.1, -0.05) is 45.0 Å². The van der Waals surface area contributed by atoms with Gasteiger partial charge in [0, 0.05) is 0 Å². The standard InChI is InChI=1S/C17H27N/c1-17(2,3)16-8-6-14(7-9-16)15-5-4-13(12-15)10-11-18/h6-9,13,15H,4-5,10-12,18H2,1-3H3. The number of hydrogen-bond acceptors (Lipinski definition) is 1. The zero-order valence-corrected chi connectivity index (χ0v) is 12.1. The van der Waals surface area contributed by atoms with Crippen molar-refractivity contribution in [2.24, 2.45) is 11.7 Å².